The second-order valence-corrected chi connectivity index (χ2v) is 1.65. The first-order valence-corrected chi connectivity index (χ1v) is 2.41. The molecule has 0 saturated carbocycles. The zero-order valence-electron chi connectivity index (χ0n) is 7.32. The van der Waals surface area contributed by atoms with E-state index < -0.39 is 0 Å². The fourth-order valence-corrected chi connectivity index (χ4v) is 0.534. The molecule has 0 aliphatic rings. The topological polar surface area (TPSA) is 142 Å². The maximum atomic E-state index is 2.08. The SMILES string of the molecule is Cc1ccccc1.[Nb+5].[Nb+5].[O-2].[O-2].[O-2].[O-2].[O-2]. The molecule has 0 amide bonds. The summed E-state index contributed by atoms with van der Waals surface area (Å²) < 4.78 is 0. The number of benzene rings is 1. The van der Waals surface area contributed by atoms with E-state index in [-0.39, 0.29) is 72.1 Å². The van der Waals surface area contributed by atoms with Crippen molar-refractivity contribution in [3.8, 4) is 0 Å². The molecule has 0 fully saturated rings. The number of aryl methyl sites for hydroxylation is 1. The van der Waals surface area contributed by atoms with E-state index in [2.05, 4.69) is 19.1 Å². The molecule has 0 bridgehead atoms. The summed E-state index contributed by atoms with van der Waals surface area (Å²) in [5.74, 6) is 0. The Kier molecular flexibility index (Phi) is 98.0. The summed E-state index contributed by atoms with van der Waals surface area (Å²) in [5.41, 5.74) is 1.32. The Bertz CT molecular complexity index is 150. The first kappa shape index (κ1) is 47.0. The van der Waals surface area contributed by atoms with Crippen LogP contribution in [0.3, 0.4) is 0 Å². The van der Waals surface area contributed by atoms with Crippen molar-refractivity contribution in [2.24, 2.45) is 0 Å². The van der Waals surface area contributed by atoms with E-state index >= 15 is 0 Å². The van der Waals surface area contributed by atoms with Crippen molar-refractivity contribution in [3.05, 3.63) is 35.9 Å². The van der Waals surface area contributed by atoms with Gasteiger partial charge in [-0.15, -0.1) is 0 Å². The van der Waals surface area contributed by atoms with Crippen molar-refractivity contribution in [2.45, 2.75) is 6.92 Å². The van der Waals surface area contributed by atoms with Crippen LogP contribution < -0.4 is 0 Å². The summed E-state index contributed by atoms with van der Waals surface area (Å²) in [7, 11) is 0. The monoisotopic (exact) mass is 358 g/mol. The summed E-state index contributed by atoms with van der Waals surface area (Å²) in [6, 6.07) is 10.3. The molecular weight excluding hydrogens is 350 g/mol. The minimum absolute atomic E-state index is 0. The molecule has 0 radical (unpaired) electrons. The Morgan fingerprint density at radius 2 is 0.929 bits per heavy atom. The minimum Gasteiger partial charge on any atom is -2.00 e. The maximum absolute atomic E-state index is 2.08. The van der Waals surface area contributed by atoms with Crippen LogP contribution in [0, 0.1) is 6.92 Å². The quantitative estimate of drug-likeness (QED) is 0.618. The average Bonchev–Trinajstić information content (AvgIpc) is 1.69. The van der Waals surface area contributed by atoms with Gasteiger partial charge in [0.05, 0.1) is 0 Å². The van der Waals surface area contributed by atoms with Crippen molar-refractivity contribution in [1.82, 2.24) is 0 Å². The van der Waals surface area contributed by atoms with Gasteiger partial charge in [0.15, 0.2) is 0 Å². The maximum Gasteiger partial charge on any atom is 5.00 e. The van der Waals surface area contributed by atoms with Gasteiger partial charge < -0.3 is 27.4 Å². The molecule has 0 N–H and O–H groups in total. The van der Waals surface area contributed by atoms with Gasteiger partial charge in [0.25, 0.3) is 0 Å². The predicted octanol–water partition coefficient (Wildman–Crippen LogP) is 1.40. The van der Waals surface area contributed by atoms with Gasteiger partial charge >= 0.3 is 44.8 Å². The summed E-state index contributed by atoms with van der Waals surface area (Å²) in [4.78, 5) is 0. The third kappa shape index (κ3) is 22.9. The number of hydrogen-bond donors (Lipinski definition) is 0. The van der Waals surface area contributed by atoms with Crippen LogP contribution in [0.25, 0.3) is 0 Å². The smallest absolute Gasteiger partial charge is 2.00 e. The molecule has 7 heteroatoms. The van der Waals surface area contributed by atoms with Gasteiger partial charge in [-0.3, -0.25) is 0 Å². The molecule has 0 aliphatic heterocycles. The van der Waals surface area contributed by atoms with Gasteiger partial charge in [0.2, 0.25) is 0 Å². The van der Waals surface area contributed by atoms with E-state index in [0.29, 0.717) is 0 Å². The van der Waals surface area contributed by atoms with Crippen molar-refractivity contribution in [1.29, 1.82) is 0 Å². The molecule has 1 aromatic rings. The third-order valence-corrected chi connectivity index (χ3v) is 0.940. The zero-order chi connectivity index (χ0) is 5.11. The summed E-state index contributed by atoms with van der Waals surface area (Å²) in [6.07, 6.45) is 0. The van der Waals surface area contributed by atoms with Crippen LogP contribution in [-0.2, 0) is 72.1 Å². The average molecular weight is 358 g/mol. The van der Waals surface area contributed by atoms with E-state index in [1.165, 1.54) is 5.56 Å². The Balaban J connectivity index is -0.0000000140. The van der Waals surface area contributed by atoms with E-state index in [1.54, 1.807) is 0 Å². The van der Waals surface area contributed by atoms with Crippen LogP contribution in [0.1, 0.15) is 5.56 Å². The molecule has 1 aromatic carbocycles. The molecule has 0 aliphatic carbocycles. The van der Waals surface area contributed by atoms with Gasteiger partial charge in [0.1, 0.15) is 0 Å². The first-order valence-electron chi connectivity index (χ1n) is 2.41. The molecule has 0 atom stereocenters. The van der Waals surface area contributed by atoms with E-state index in [1.807, 2.05) is 18.2 Å². The summed E-state index contributed by atoms with van der Waals surface area (Å²) in [5, 5.41) is 0. The Labute approximate surface area is 114 Å². The fraction of sp³-hybridized carbons (Fsp3) is 0.143. The Morgan fingerprint density at radius 3 is 1.07 bits per heavy atom. The summed E-state index contributed by atoms with van der Waals surface area (Å²) >= 11 is 0. The largest absolute Gasteiger partial charge is 5.00 e. The molecule has 14 heavy (non-hydrogen) atoms. The molecule has 0 unspecified atom stereocenters. The van der Waals surface area contributed by atoms with E-state index in [0.717, 1.165) is 0 Å². The van der Waals surface area contributed by atoms with Crippen LogP contribution in [0.5, 0.6) is 0 Å². The third-order valence-electron chi connectivity index (χ3n) is 0.940. The number of hydrogen-bond acceptors (Lipinski definition) is 0. The second-order valence-electron chi connectivity index (χ2n) is 1.65. The molecule has 0 saturated heterocycles. The minimum atomic E-state index is 0. The van der Waals surface area contributed by atoms with E-state index in [4.69, 9.17) is 0 Å². The van der Waals surface area contributed by atoms with Crippen molar-refractivity contribution in [2.75, 3.05) is 0 Å². The van der Waals surface area contributed by atoms with E-state index in [9.17, 15) is 0 Å². The molecule has 0 aromatic heterocycles. The Morgan fingerprint density at radius 1 is 0.643 bits per heavy atom. The van der Waals surface area contributed by atoms with Crippen LogP contribution in [0.15, 0.2) is 30.3 Å². The van der Waals surface area contributed by atoms with Crippen LogP contribution in [-0.4, -0.2) is 0 Å². The normalized spacial score (nSPS) is 4.36. The molecule has 0 spiro atoms. The number of rotatable bonds is 0. The van der Waals surface area contributed by atoms with Gasteiger partial charge in [0, 0.05) is 0 Å². The van der Waals surface area contributed by atoms with Gasteiger partial charge in [-0.25, -0.2) is 0 Å². The van der Waals surface area contributed by atoms with Gasteiger partial charge in [-0.1, -0.05) is 35.9 Å². The van der Waals surface area contributed by atoms with Crippen LogP contribution >= 0.6 is 0 Å². The standard InChI is InChI=1S/C7H8.2Nb.5O/c1-7-5-3-2-4-6-7;;;;;;;/h2-6H,1H3;;;;;;;/q;2*+5;5*-2. The van der Waals surface area contributed by atoms with Crippen LogP contribution in [0.4, 0.5) is 0 Å². The van der Waals surface area contributed by atoms with Gasteiger partial charge in [-0.2, -0.15) is 0 Å². The molecule has 0 heterocycles. The predicted molar refractivity (Wildman–Crippen MR) is 34.6 cm³/mol. The van der Waals surface area contributed by atoms with Gasteiger partial charge in [-0.05, 0) is 6.92 Å². The first-order chi connectivity index (χ1) is 3.39. The van der Waals surface area contributed by atoms with Crippen LogP contribution in [0.2, 0.25) is 0 Å². The zero-order valence-corrected chi connectivity index (χ0v) is 11.7. The van der Waals surface area contributed by atoms with Crippen molar-refractivity contribution < 1.29 is 72.1 Å². The fourth-order valence-electron chi connectivity index (χ4n) is 0.534. The molecule has 76 valence electrons. The molecule has 1 rings (SSSR count). The van der Waals surface area contributed by atoms with Crippen molar-refractivity contribution in [3.63, 3.8) is 0 Å². The van der Waals surface area contributed by atoms with Crippen molar-refractivity contribution >= 4 is 0 Å². The Hall–Kier alpha value is 0.501. The summed E-state index contributed by atoms with van der Waals surface area (Å²) in [6.45, 7) is 2.08. The molecule has 5 nitrogen and oxygen atoms in total. The second kappa shape index (κ2) is 29.2. The molecular formula is C7H8Nb2O5.